The Hall–Kier alpha value is -2.67. The summed E-state index contributed by atoms with van der Waals surface area (Å²) in [5, 5.41) is 0. The molecule has 0 spiro atoms. The molecule has 0 atom stereocenters. The molecule has 0 unspecified atom stereocenters. The number of rotatable bonds is 3. The molecule has 2 aromatic rings. The Morgan fingerprint density at radius 1 is 0.897 bits per heavy atom. The van der Waals surface area contributed by atoms with Crippen molar-refractivity contribution in [2.75, 3.05) is 69.2 Å². The second kappa shape index (κ2) is 8.37. The molecule has 0 aliphatic carbocycles. The lowest BCUT2D eigenvalue weighted by atomic mass is 10.1. The molecule has 154 valence electrons. The van der Waals surface area contributed by atoms with Gasteiger partial charge in [0.15, 0.2) is 0 Å². The van der Waals surface area contributed by atoms with Crippen molar-refractivity contribution >= 4 is 17.5 Å². The van der Waals surface area contributed by atoms with Gasteiger partial charge in [0.25, 0.3) is 5.91 Å². The molecule has 1 aromatic heterocycles. The molecule has 1 aromatic carbocycles. The summed E-state index contributed by atoms with van der Waals surface area (Å²) < 4.78 is 0. The van der Waals surface area contributed by atoms with Crippen LogP contribution in [0.25, 0.3) is 0 Å². The highest BCUT2D eigenvalue weighted by atomic mass is 16.2. The van der Waals surface area contributed by atoms with Crippen molar-refractivity contribution in [3.05, 3.63) is 47.3 Å². The molecule has 0 N–H and O–H groups in total. The third kappa shape index (κ3) is 4.19. The number of carbonyl (C=O) groups is 1. The van der Waals surface area contributed by atoms with Crippen molar-refractivity contribution in [2.45, 2.75) is 13.8 Å². The zero-order valence-electron chi connectivity index (χ0n) is 17.6. The van der Waals surface area contributed by atoms with Crippen LogP contribution in [0.2, 0.25) is 0 Å². The largest absolute Gasteiger partial charge is 0.368 e. The lowest BCUT2D eigenvalue weighted by Crippen LogP contribution is -2.49. The molecule has 7 nitrogen and oxygen atoms in total. The first-order chi connectivity index (χ1) is 14.0. The predicted octanol–water partition coefficient (Wildman–Crippen LogP) is 1.81. The van der Waals surface area contributed by atoms with Crippen LogP contribution in [0.15, 0.2) is 30.5 Å². The third-order valence-electron chi connectivity index (χ3n) is 6.13. The lowest BCUT2D eigenvalue weighted by molar-refractivity contribution is 0.0740. The number of likely N-dealkylation sites (N-methyl/N-ethyl adjacent to an activating group) is 1. The summed E-state index contributed by atoms with van der Waals surface area (Å²) in [6, 6.07) is 8.16. The van der Waals surface area contributed by atoms with Crippen molar-refractivity contribution in [1.29, 1.82) is 0 Å². The molecular weight excluding hydrogens is 364 g/mol. The third-order valence-corrected chi connectivity index (χ3v) is 6.13. The number of amides is 1. The van der Waals surface area contributed by atoms with Crippen LogP contribution in [0.3, 0.4) is 0 Å². The van der Waals surface area contributed by atoms with E-state index >= 15 is 0 Å². The summed E-state index contributed by atoms with van der Waals surface area (Å²) in [6.07, 6.45) is 1.71. The number of hydrogen-bond acceptors (Lipinski definition) is 6. The molecule has 2 fully saturated rings. The minimum Gasteiger partial charge on any atom is -0.368 e. The fourth-order valence-corrected chi connectivity index (χ4v) is 4.02. The monoisotopic (exact) mass is 394 g/mol. The van der Waals surface area contributed by atoms with E-state index in [2.05, 4.69) is 63.8 Å². The number of benzene rings is 1. The summed E-state index contributed by atoms with van der Waals surface area (Å²) >= 11 is 0. The van der Waals surface area contributed by atoms with Gasteiger partial charge < -0.3 is 19.6 Å². The topological polar surface area (TPSA) is 55.8 Å². The minimum atomic E-state index is 0.00314. The van der Waals surface area contributed by atoms with Gasteiger partial charge in [0.1, 0.15) is 5.69 Å². The zero-order valence-corrected chi connectivity index (χ0v) is 17.6. The fourth-order valence-electron chi connectivity index (χ4n) is 4.02. The Bertz CT molecular complexity index is 869. The quantitative estimate of drug-likeness (QED) is 0.791. The van der Waals surface area contributed by atoms with Crippen LogP contribution in [-0.2, 0) is 0 Å². The van der Waals surface area contributed by atoms with Gasteiger partial charge in [-0.25, -0.2) is 9.97 Å². The standard InChI is InChI=1S/C22H30N6O/c1-17-5-4-6-20(18(17)2)26-13-15-27(16-14-26)21(29)19-7-8-23-22(24-19)28-11-9-25(3)10-12-28/h4-8H,9-16H2,1-3H3. The van der Waals surface area contributed by atoms with Gasteiger partial charge in [0, 0.05) is 64.2 Å². The number of aryl methyl sites for hydroxylation is 1. The highest BCUT2D eigenvalue weighted by Crippen LogP contribution is 2.24. The average molecular weight is 395 g/mol. The zero-order chi connectivity index (χ0) is 20.4. The summed E-state index contributed by atoms with van der Waals surface area (Å²) in [7, 11) is 2.12. The number of nitrogens with zero attached hydrogens (tertiary/aromatic N) is 6. The molecule has 29 heavy (non-hydrogen) atoms. The van der Waals surface area contributed by atoms with Crippen LogP contribution in [0.5, 0.6) is 0 Å². The van der Waals surface area contributed by atoms with Gasteiger partial charge in [0.2, 0.25) is 5.95 Å². The van der Waals surface area contributed by atoms with Crippen molar-refractivity contribution in [1.82, 2.24) is 19.8 Å². The Morgan fingerprint density at radius 2 is 1.59 bits per heavy atom. The maximum Gasteiger partial charge on any atom is 0.272 e. The van der Waals surface area contributed by atoms with E-state index in [-0.39, 0.29) is 5.91 Å². The van der Waals surface area contributed by atoms with Crippen LogP contribution in [0.4, 0.5) is 11.6 Å². The molecule has 2 aliphatic rings. The van der Waals surface area contributed by atoms with Crippen molar-refractivity contribution in [3.63, 3.8) is 0 Å². The van der Waals surface area contributed by atoms with E-state index in [1.165, 1.54) is 16.8 Å². The van der Waals surface area contributed by atoms with Gasteiger partial charge in [0.05, 0.1) is 0 Å². The second-order valence-corrected chi connectivity index (χ2v) is 8.03. The highest BCUT2D eigenvalue weighted by molar-refractivity contribution is 5.92. The van der Waals surface area contributed by atoms with Crippen LogP contribution in [0.1, 0.15) is 21.6 Å². The SMILES string of the molecule is Cc1cccc(N2CCN(C(=O)c3ccnc(N4CCN(C)CC4)n3)CC2)c1C. The van der Waals surface area contributed by atoms with Crippen LogP contribution in [0, 0.1) is 13.8 Å². The van der Waals surface area contributed by atoms with Crippen LogP contribution < -0.4 is 9.80 Å². The van der Waals surface area contributed by atoms with E-state index < -0.39 is 0 Å². The van der Waals surface area contributed by atoms with Gasteiger partial charge in [-0.3, -0.25) is 4.79 Å². The Kier molecular flexibility index (Phi) is 5.67. The average Bonchev–Trinajstić information content (AvgIpc) is 2.76. The number of hydrogen-bond donors (Lipinski definition) is 0. The molecule has 2 saturated heterocycles. The first kappa shape index (κ1) is 19.6. The second-order valence-electron chi connectivity index (χ2n) is 8.03. The molecule has 4 rings (SSSR count). The van der Waals surface area contributed by atoms with E-state index in [1.54, 1.807) is 12.3 Å². The van der Waals surface area contributed by atoms with Gasteiger partial charge in [-0.1, -0.05) is 12.1 Å². The molecule has 7 heteroatoms. The Morgan fingerprint density at radius 3 is 2.31 bits per heavy atom. The normalized spacial score (nSPS) is 18.2. The lowest BCUT2D eigenvalue weighted by Gasteiger charge is -2.37. The molecular formula is C22H30N6O. The maximum atomic E-state index is 13.0. The molecule has 0 saturated carbocycles. The van der Waals surface area contributed by atoms with Gasteiger partial charge in [-0.15, -0.1) is 0 Å². The van der Waals surface area contributed by atoms with E-state index in [0.29, 0.717) is 24.7 Å². The Labute approximate surface area is 172 Å². The number of anilines is 2. The van der Waals surface area contributed by atoms with Gasteiger partial charge >= 0.3 is 0 Å². The molecule has 0 radical (unpaired) electrons. The molecule has 0 bridgehead atoms. The van der Waals surface area contributed by atoms with Gasteiger partial charge in [-0.2, -0.15) is 0 Å². The summed E-state index contributed by atoms with van der Waals surface area (Å²) in [5.74, 6) is 0.668. The Balaban J connectivity index is 1.41. The number of piperazine rings is 2. The minimum absolute atomic E-state index is 0.00314. The van der Waals surface area contributed by atoms with Crippen molar-refractivity contribution < 1.29 is 4.79 Å². The number of aromatic nitrogens is 2. The smallest absolute Gasteiger partial charge is 0.272 e. The summed E-state index contributed by atoms with van der Waals surface area (Å²) in [6.45, 7) is 11.2. The van der Waals surface area contributed by atoms with E-state index in [1.807, 2.05) is 4.90 Å². The van der Waals surface area contributed by atoms with Crippen LogP contribution in [-0.4, -0.2) is 85.1 Å². The molecule has 1 amide bonds. The van der Waals surface area contributed by atoms with E-state index in [0.717, 1.165) is 39.3 Å². The van der Waals surface area contributed by atoms with Crippen molar-refractivity contribution in [3.8, 4) is 0 Å². The van der Waals surface area contributed by atoms with Crippen molar-refractivity contribution in [2.24, 2.45) is 0 Å². The first-order valence-corrected chi connectivity index (χ1v) is 10.4. The number of carbonyl (C=O) groups excluding carboxylic acids is 1. The molecule has 3 heterocycles. The summed E-state index contributed by atoms with van der Waals surface area (Å²) in [5.41, 5.74) is 4.39. The maximum absolute atomic E-state index is 13.0. The summed E-state index contributed by atoms with van der Waals surface area (Å²) in [4.78, 5) is 30.8. The predicted molar refractivity (Wildman–Crippen MR) is 116 cm³/mol. The van der Waals surface area contributed by atoms with Crippen LogP contribution >= 0.6 is 0 Å². The first-order valence-electron chi connectivity index (χ1n) is 10.4. The van der Waals surface area contributed by atoms with E-state index in [9.17, 15) is 4.79 Å². The molecule has 2 aliphatic heterocycles. The van der Waals surface area contributed by atoms with Gasteiger partial charge in [-0.05, 0) is 44.2 Å². The highest BCUT2D eigenvalue weighted by Gasteiger charge is 2.25. The van der Waals surface area contributed by atoms with E-state index in [4.69, 9.17) is 0 Å². The fraction of sp³-hybridized carbons (Fsp3) is 0.500.